The molecular formula is C12H23ClN2O2. The van der Waals surface area contributed by atoms with Crippen LogP contribution in [0.25, 0.3) is 0 Å². The van der Waals surface area contributed by atoms with Gasteiger partial charge in [0.2, 0.25) is 5.91 Å². The van der Waals surface area contributed by atoms with E-state index >= 15 is 0 Å². The predicted molar refractivity (Wildman–Crippen MR) is 69.4 cm³/mol. The van der Waals surface area contributed by atoms with Crippen LogP contribution in [0, 0.1) is 5.92 Å². The molecule has 0 aromatic heterocycles. The van der Waals surface area contributed by atoms with Crippen LogP contribution < -0.4 is 5.32 Å². The van der Waals surface area contributed by atoms with E-state index in [2.05, 4.69) is 12.2 Å². The highest BCUT2D eigenvalue weighted by atomic mass is 35.5. The molecule has 1 saturated heterocycles. The Morgan fingerprint density at radius 1 is 1.47 bits per heavy atom. The number of halogens is 1. The standard InChI is InChI=1S/C12H22N2O2.ClH/c1-3-14(8-10-4-5-10)12(15)11-9(2)16-7-6-13-11;/h9-11,13H,3-8H2,1-2H3;1H/t9-,11+;/m1./s1. The quantitative estimate of drug-likeness (QED) is 0.823. The number of nitrogens with one attached hydrogen (secondary N) is 1. The summed E-state index contributed by atoms with van der Waals surface area (Å²) in [4.78, 5) is 14.3. The Morgan fingerprint density at radius 2 is 2.18 bits per heavy atom. The van der Waals surface area contributed by atoms with Gasteiger partial charge in [-0.1, -0.05) is 0 Å². The van der Waals surface area contributed by atoms with E-state index < -0.39 is 0 Å². The normalized spacial score (nSPS) is 28.4. The molecule has 2 atom stereocenters. The molecule has 1 saturated carbocycles. The summed E-state index contributed by atoms with van der Waals surface area (Å²) in [6, 6.07) is -0.146. The molecular weight excluding hydrogens is 240 g/mol. The lowest BCUT2D eigenvalue weighted by Crippen LogP contribution is -2.56. The van der Waals surface area contributed by atoms with Crippen molar-refractivity contribution in [1.29, 1.82) is 0 Å². The fourth-order valence-corrected chi connectivity index (χ4v) is 2.19. The molecule has 1 aliphatic carbocycles. The number of hydrogen-bond donors (Lipinski definition) is 1. The smallest absolute Gasteiger partial charge is 0.242 e. The molecule has 0 radical (unpaired) electrons. The molecule has 4 nitrogen and oxygen atoms in total. The first-order chi connectivity index (χ1) is 7.72. The molecule has 100 valence electrons. The summed E-state index contributed by atoms with van der Waals surface area (Å²) in [6.07, 6.45) is 2.57. The van der Waals surface area contributed by atoms with Gasteiger partial charge in [0.15, 0.2) is 0 Å². The maximum atomic E-state index is 12.3. The molecule has 17 heavy (non-hydrogen) atoms. The van der Waals surface area contributed by atoms with Crippen molar-refractivity contribution in [3.8, 4) is 0 Å². The maximum absolute atomic E-state index is 12.3. The van der Waals surface area contributed by atoms with Gasteiger partial charge in [0.1, 0.15) is 6.04 Å². The van der Waals surface area contributed by atoms with Crippen molar-refractivity contribution in [1.82, 2.24) is 10.2 Å². The van der Waals surface area contributed by atoms with Gasteiger partial charge < -0.3 is 15.0 Å². The number of carbonyl (C=O) groups is 1. The lowest BCUT2D eigenvalue weighted by atomic mass is 10.1. The highest BCUT2D eigenvalue weighted by Crippen LogP contribution is 2.29. The van der Waals surface area contributed by atoms with Gasteiger partial charge in [-0.05, 0) is 32.6 Å². The molecule has 0 bridgehead atoms. The number of nitrogens with zero attached hydrogens (tertiary/aromatic N) is 1. The Morgan fingerprint density at radius 3 is 2.71 bits per heavy atom. The fourth-order valence-electron chi connectivity index (χ4n) is 2.19. The number of ether oxygens (including phenoxy) is 1. The van der Waals surface area contributed by atoms with Crippen molar-refractivity contribution in [2.24, 2.45) is 5.92 Å². The van der Waals surface area contributed by atoms with Crippen molar-refractivity contribution in [3.63, 3.8) is 0 Å². The SMILES string of the molecule is CCN(CC1CC1)C(=O)[C@H]1NCCO[C@@H]1C.Cl. The molecule has 5 heteroatoms. The number of morpholine rings is 1. The van der Waals surface area contributed by atoms with E-state index in [0.29, 0.717) is 6.61 Å². The van der Waals surface area contributed by atoms with Crippen LogP contribution in [0.4, 0.5) is 0 Å². The summed E-state index contributed by atoms with van der Waals surface area (Å²) in [5.41, 5.74) is 0. The molecule has 0 aromatic carbocycles. The Kier molecular flexibility index (Phi) is 5.70. The molecule has 1 N–H and O–H groups in total. The van der Waals surface area contributed by atoms with Gasteiger partial charge in [0.25, 0.3) is 0 Å². The first kappa shape index (κ1) is 14.7. The van der Waals surface area contributed by atoms with Crippen molar-refractivity contribution in [2.75, 3.05) is 26.2 Å². The average molecular weight is 263 g/mol. The topological polar surface area (TPSA) is 41.6 Å². The van der Waals surface area contributed by atoms with Gasteiger partial charge >= 0.3 is 0 Å². The van der Waals surface area contributed by atoms with Crippen LogP contribution in [0.15, 0.2) is 0 Å². The van der Waals surface area contributed by atoms with Crippen LogP contribution in [-0.4, -0.2) is 49.2 Å². The maximum Gasteiger partial charge on any atom is 0.242 e. The van der Waals surface area contributed by atoms with Crippen LogP contribution in [-0.2, 0) is 9.53 Å². The molecule has 2 rings (SSSR count). The lowest BCUT2D eigenvalue weighted by Gasteiger charge is -2.33. The van der Waals surface area contributed by atoms with E-state index in [1.54, 1.807) is 0 Å². The minimum Gasteiger partial charge on any atom is -0.375 e. The Labute approximate surface area is 109 Å². The predicted octanol–water partition coefficient (Wildman–Crippen LogP) is 1.04. The highest BCUT2D eigenvalue weighted by molar-refractivity contribution is 5.85. The van der Waals surface area contributed by atoms with Crippen LogP contribution in [0.1, 0.15) is 26.7 Å². The zero-order valence-electron chi connectivity index (χ0n) is 10.6. The summed E-state index contributed by atoms with van der Waals surface area (Å²) in [7, 11) is 0. The molecule has 1 heterocycles. The summed E-state index contributed by atoms with van der Waals surface area (Å²) in [5, 5.41) is 3.26. The first-order valence-electron chi connectivity index (χ1n) is 6.36. The van der Waals surface area contributed by atoms with Gasteiger partial charge in [-0.15, -0.1) is 12.4 Å². The van der Waals surface area contributed by atoms with Crippen LogP contribution >= 0.6 is 12.4 Å². The van der Waals surface area contributed by atoms with Crippen molar-refractivity contribution < 1.29 is 9.53 Å². The van der Waals surface area contributed by atoms with Gasteiger partial charge in [-0.25, -0.2) is 0 Å². The molecule has 2 fully saturated rings. The average Bonchev–Trinajstić information content (AvgIpc) is 3.09. The first-order valence-corrected chi connectivity index (χ1v) is 6.36. The summed E-state index contributed by atoms with van der Waals surface area (Å²) >= 11 is 0. The largest absolute Gasteiger partial charge is 0.375 e. The molecule has 1 amide bonds. The second-order valence-electron chi connectivity index (χ2n) is 4.83. The minimum absolute atomic E-state index is 0. The van der Waals surface area contributed by atoms with E-state index in [-0.39, 0.29) is 30.5 Å². The summed E-state index contributed by atoms with van der Waals surface area (Å²) < 4.78 is 5.52. The summed E-state index contributed by atoms with van der Waals surface area (Å²) in [6.45, 7) is 7.25. The van der Waals surface area contributed by atoms with Crippen LogP contribution in [0.5, 0.6) is 0 Å². The monoisotopic (exact) mass is 262 g/mol. The highest BCUT2D eigenvalue weighted by Gasteiger charge is 2.33. The Bertz CT molecular complexity index is 259. The molecule has 1 aliphatic heterocycles. The van der Waals surface area contributed by atoms with Gasteiger partial charge in [0, 0.05) is 19.6 Å². The van der Waals surface area contributed by atoms with Gasteiger partial charge in [0.05, 0.1) is 12.7 Å². The third kappa shape index (κ3) is 3.83. The van der Waals surface area contributed by atoms with Gasteiger partial charge in [-0.3, -0.25) is 4.79 Å². The zero-order valence-corrected chi connectivity index (χ0v) is 11.5. The third-order valence-corrected chi connectivity index (χ3v) is 3.45. The minimum atomic E-state index is -0.146. The van der Waals surface area contributed by atoms with Crippen LogP contribution in [0.2, 0.25) is 0 Å². The second kappa shape index (κ2) is 6.57. The number of carbonyl (C=O) groups excluding carboxylic acids is 1. The molecule has 0 aromatic rings. The van der Waals surface area contributed by atoms with E-state index in [0.717, 1.165) is 25.6 Å². The van der Waals surface area contributed by atoms with E-state index in [1.165, 1.54) is 12.8 Å². The number of amides is 1. The van der Waals surface area contributed by atoms with Crippen molar-refractivity contribution in [3.05, 3.63) is 0 Å². The Hall–Kier alpha value is -0.320. The van der Waals surface area contributed by atoms with E-state index in [4.69, 9.17) is 4.74 Å². The van der Waals surface area contributed by atoms with Gasteiger partial charge in [-0.2, -0.15) is 0 Å². The zero-order chi connectivity index (χ0) is 11.5. The second-order valence-corrected chi connectivity index (χ2v) is 4.83. The van der Waals surface area contributed by atoms with E-state index in [9.17, 15) is 4.79 Å². The van der Waals surface area contributed by atoms with Crippen LogP contribution in [0.3, 0.4) is 0 Å². The molecule has 2 aliphatic rings. The lowest BCUT2D eigenvalue weighted by molar-refractivity contribution is -0.139. The van der Waals surface area contributed by atoms with Crippen molar-refractivity contribution >= 4 is 18.3 Å². The Balaban J connectivity index is 0.00000144. The third-order valence-electron chi connectivity index (χ3n) is 3.45. The van der Waals surface area contributed by atoms with E-state index in [1.807, 2.05) is 11.8 Å². The number of likely N-dealkylation sites (N-methyl/N-ethyl adjacent to an activating group) is 1. The van der Waals surface area contributed by atoms with Crippen molar-refractivity contribution in [2.45, 2.75) is 38.8 Å². The number of hydrogen-bond acceptors (Lipinski definition) is 3. The summed E-state index contributed by atoms with van der Waals surface area (Å²) in [5.74, 6) is 0.963. The number of rotatable bonds is 4. The molecule has 0 spiro atoms. The molecule has 0 unspecified atom stereocenters. The fraction of sp³-hybridized carbons (Fsp3) is 0.917.